The molecule has 6 heteroatoms. The maximum atomic E-state index is 12.8. The molecule has 0 saturated heterocycles. The molecule has 0 spiro atoms. The molecule has 0 fully saturated rings. The Bertz CT molecular complexity index is 682. The first-order valence-corrected chi connectivity index (χ1v) is 7.48. The van der Waals surface area contributed by atoms with Crippen molar-refractivity contribution in [1.29, 1.82) is 0 Å². The number of rotatable bonds is 6. The molecule has 0 aliphatic rings. The van der Waals surface area contributed by atoms with Gasteiger partial charge in [0.05, 0.1) is 6.54 Å². The average molecular weight is 321 g/mol. The Morgan fingerprint density at radius 1 is 1.35 bits per heavy atom. The van der Waals surface area contributed by atoms with E-state index >= 15 is 0 Å². The van der Waals surface area contributed by atoms with Crippen LogP contribution in [0.3, 0.4) is 0 Å². The van der Waals surface area contributed by atoms with Crippen LogP contribution in [0.4, 0.5) is 8.78 Å². The highest BCUT2D eigenvalue weighted by molar-refractivity contribution is 5.76. The summed E-state index contributed by atoms with van der Waals surface area (Å²) in [7, 11) is 1.61. The number of aromatic nitrogens is 2. The van der Waals surface area contributed by atoms with E-state index < -0.39 is 6.55 Å². The fourth-order valence-corrected chi connectivity index (χ4v) is 2.50. The lowest BCUT2D eigenvalue weighted by Gasteiger charge is -2.18. The van der Waals surface area contributed by atoms with E-state index in [0.29, 0.717) is 12.8 Å². The Hall–Kier alpha value is -2.24. The van der Waals surface area contributed by atoms with Gasteiger partial charge in [-0.3, -0.25) is 9.36 Å². The molecule has 0 N–H and O–H groups in total. The highest BCUT2D eigenvalue weighted by Gasteiger charge is 2.16. The summed E-state index contributed by atoms with van der Waals surface area (Å²) < 4.78 is 26.3. The van der Waals surface area contributed by atoms with Crippen molar-refractivity contribution >= 4 is 5.91 Å². The van der Waals surface area contributed by atoms with Gasteiger partial charge in [-0.15, -0.1) is 0 Å². The molecule has 1 amide bonds. The Morgan fingerprint density at radius 2 is 2.09 bits per heavy atom. The molecule has 1 aromatic heterocycles. The zero-order valence-corrected chi connectivity index (χ0v) is 13.6. The number of hydrogen-bond acceptors (Lipinski definition) is 2. The number of aryl methyl sites for hydroxylation is 3. The summed E-state index contributed by atoms with van der Waals surface area (Å²) in [4.78, 5) is 17.5. The predicted octanol–water partition coefficient (Wildman–Crippen LogP) is 3.49. The maximum absolute atomic E-state index is 12.8. The summed E-state index contributed by atoms with van der Waals surface area (Å²) in [5, 5.41) is 0. The van der Waals surface area contributed by atoms with E-state index in [4.69, 9.17) is 0 Å². The van der Waals surface area contributed by atoms with Crippen LogP contribution in [-0.2, 0) is 17.8 Å². The maximum Gasteiger partial charge on any atom is 0.319 e. The van der Waals surface area contributed by atoms with Crippen molar-refractivity contribution in [3.8, 4) is 0 Å². The lowest BCUT2D eigenvalue weighted by molar-refractivity contribution is -0.130. The van der Waals surface area contributed by atoms with Crippen LogP contribution in [0.2, 0.25) is 0 Å². The van der Waals surface area contributed by atoms with Crippen LogP contribution in [0.5, 0.6) is 0 Å². The van der Waals surface area contributed by atoms with Gasteiger partial charge in [0.15, 0.2) is 0 Å². The fourth-order valence-electron chi connectivity index (χ4n) is 2.50. The number of hydrogen-bond donors (Lipinski definition) is 0. The van der Waals surface area contributed by atoms with Crippen LogP contribution in [0, 0.1) is 13.8 Å². The summed E-state index contributed by atoms with van der Waals surface area (Å²) in [5.41, 5.74) is 3.48. The summed E-state index contributed by atoms with van der Waals surface area (Å²) >= 11 is 0. The van der Waals surface area contributed by atoms with Crippen molar-refractivity contribution < 1.29 is 13.6 Å². The normalized spacial score (nSPS) is 11.0. The summed E-state index contributed by atoms with van der Waals surface area (Å²) in [5.74, 6) is 0.0937. The van der Waals surface area contributed by atoms with Crippen molar-refractivity contribution in [2.75, 3.05) is 7.05 Å². The van der Waals surface area contributed by atoms with Gasteiger partial charge in [-0.25, -0.2) is 4.98 Å². The van der Waals surface area contributed by atoms with Crippen LogP contribution in [0.25, 0.3) is 0 Å². The zero-order chi connectivity index (χ0) is 17.0. The third-order valence-corrected chi connectivity index (χ3v) is 3.87. The summed E-state index contributed by atoms with van der Waals surface area (Å²) in [6, 6.07) is 6.14. The minimum atomic E-state index is -2.65. The molecule has 4 nitrogen and oxygen atoms in total. The zero-order valence-electron chi connectivity index (χ0n) is 13.6. The number of benzene rings is 1. The van der Waals surface area contributed by atoms with Gasteiger partial charge in [-0.2, -0.15) is 8.78 Å². The van der Waals surface area contributed by atoms with Crippen molar-refractivity contribution in [3.63, 3.8) is 0 Å². The van der Waals surface area contributed by atoms with Crippen LogP contribution in [0.1, 0.15) is 35.5 Å². The summed E-state index contributed by atoms with van der Waals surface area (Å²) in [6.45, 7) is 1.48. The molecule has 0 atom stereocenters. The van der Waals surface area contributed by atoms with Gasteiger partial charge in [0.25, 0.3) is 0 Å². The second kappa shape index (κ2) is 7.35. The molecule has 1 heterocycles. The second-order valence-corrected chi connectivity index (χ2v) is 5.71. The van der Waals surface area contributed by atoms with E-state index in [-0.39, 0.29) is 18.3 Å². The summed E-state index contributed by atoms with van der Waals surface area (Å²) in [6.07, 6.45) is 3.51. The molecule has 124 valence electrons. The standard InChI is InChI=1S/C17H21F2N3O/c1-12-4-5-14(13(2)10-12)6-7-16(23)21(3)11-15-20-8-9-22(15)17(18)19/h4-5,8-10,17H,6-7,11H2,1-3H3. The van der Waals surface area contributed by atoms with E-state index in [1.54, 1.807) is 7.05 Å². The smallest absolute Gasteiger partial charge is 0.319 e. The first-order valence-electron chi connectivity index (χ1n) is 7.48. The molecule has 0 bridgehead atoms. The van der Waals surface area contributed by atoms with Crippen LogP contribution >= 0.6 is 0 Å². The number of carbonyl (C=O) groups is 1. The quantitative estimate of drug-likeness (QED) is 0.817. The molecular formula is C17H21F2N3O. The van der Waals surface area contributed by atoms with Gasteiger partial charge < -0.3 is 4.90 Å². The Balaban J connectivity index is 1.93. The van der Waals surface area contributed by atoms with Crippen molar-refractivity contribution in [2.45, 2.75) is 39.8 Å². The van der Waals surface area contributed by atoms with Crippen molar-refractivity contribution in [3.05, 3.63) is 53.1 Å². The lowest BCUT2D eigenvalue weighted by atomic mass is 10.0. The van der Waals surface area contributed by atoms with Gasteiger partial charge in [-0.1, -0.05) is 23.8 Å². The molecular weight excluding hydrogens is 300 g/mol. The van der Waals surface area contributed by atoms with Gasteiger partial charge in [-0.05, 0) is 31.4 Å². The minimum absolute atomic E-state index is 0.0725. The Labute approximate surface area is 134 Å². The average Bonchev–Trinajstić information content (AvgIpc) is 2.94. The van der Waals surface area contributed by atoms with Crippen LogP contribution in [0.15, 0.2) is 30.6 Å². The molecule has 2 rings (SSSR count). The Kier molecular flexibility index (Phi) is 5.47. The number of halogens is 2. The van der Waals surface area contributed by atoms with E-state index in [2.05, 4.69) is 11.1 Å². The topological polar surface area (TPSA) is 38.1 Å². The molecule has 0 saturated carbocycles. The molecule has 23 heavy (non-hydrogen) atoms. The van der Waals surface area contributed by atoms with Crippen molar-refractivity contribution in [2.24, 2.45) is 0 Å². The van der Waals surface area contributed by atoms with Gasteiger partial charge in [0.2, 0.25) is 5.91 Å². The minimum Gasteiger partial charge on any atom is -0.338 e. The molecule has 0 aliphatic heterocycles. The fraction of sp³-hybridized carbons (Fsp3) is 0.412. The monoisotopic (exact) mass is 321 g/mol. The molecule has 0 aliphatic carbocycles. The number of amides is 1. The number of carbonyl (C=O) groups excluding carboxylic acids is 1. The number of alkyl halides is 2. The van der Waals surface area contributed by atoms with E-state index in [1.165, 1.54) is 22.9 Å². The molecule has 0 unspecified atom stereocenters. The highest BCUT2D eigenvalue weighted by atomic mass is 19.3. The van der Waals surface area contributed by atoms with Crippen molar-refractivity contribution in [1.82, 2.24) is 14.5 Å². The van der Waals surface area contributed by atoms with Crippen LogP contribution < -0.4 is 0 Å². The van der Waals surface area contributed by atoms with Gasteiger partial charge >= 0.3 is 6.55 Å². The molecule has 2 aromatic rings. The largest absolute Gasteiger partial charge is 0.338 e. The van der Waals surface area contributed by atoms with E-state index in [0.717, 1.165) is 15.7 Å². The predicted molar refractivity (Wildman–Crippen MR) is 84.2 cm³/mol. The Morgan fingerprint density at radius 3 is 2.74 bits per heavy atom. The van der Waals surface area contributed by atoms with Crippen LogP contribution in [-0.4, -0.2) is 27.4 Å². The lowest BCUT2D eigenvalue weighted by Crippen LogP contribution is -2.28. The molecule has 1 aromatic carbocycles. The second-order valence-electron chi connectivity index (χ2n) is 5.71. The third-order valence-electron chi connectivity index (χ3n) is 3.87. The van der Waals surface area contributed by atoms with E-state index in [1.807, 2.05) is 26.0 Å². The first-order chi connectivity index (χ1) is 10.9. The molecule has 0 radical (unpaired) electrons. The number of imidazole rings is 1. The SMILES string of the molecule is Cc1ccc(CCC(=O)N(C)Cc2nccn2C(F)F)c(C)c1. The van der Waals surface area contributed by atoms with Gasteiger partial charge in [0, 0.05) is 25.9 Å². The highest BCUT2D eigenvalue weighted by Crippen LogP contribution is 2.15. The van der Waals surface area contributed by atoms with E-state index in [9.17, 15) is 13.6 Å². The first kappa shape index (κ1) is 17.1. The third kappa shape index (κ3) is 4.37. The van der Waals surface area contributed by atoms with Gasteiger partial charge in [0.1, 0.15) is 5.82 Å². The number of nitrogens with zero attached hydrogens (tertiary/aromatic N) is 3.